The lowest BCUT2D eigenvalue weighted by Crippen LogP contribution is -2.15. The van der Waals surface area contributed by atoms with Crippen LogP contribution >= 0.6 is 15.9 Å². The number of rotatable bonds is 2. The second kappa shape index (κ2) is 5.57. The van der Waals surface area contributed by atoms with Crippen molar-refractivity contribution in [3.8, 4) is 0 Å². The molecule has 2 nitrogen and oxygen atoms in total. The van der Waals surface area contributed by atoms with E-state index in [4.69, 9.17) is 0 Å². The molecule has 0 heterocycles. The second-order valence-electron chi connectivity index (χ2n) is 4.68. The molecule has 19 heavy (non-hydrogen) atoms. The molecule has 2 rings (SSSR count). The summed E-state index contributed by atoms with van der Waals surface area (Å²) in [5, 5.41) is 3.00. The van der Waals surface area contributed by atoms with Gasteiger partial charge in [0.05, 0.1) is 0 Å². The summed E-state index contributed by atoms with van der Waals surface area (Å²) in [6, 6.07) is 11.6. The zero-order valence-electron chi connectivity index (χ0n) is 11.3. The first kappa shape index (κ1) is 13.8. The summed E-state index contributed by atoms with van der Waals surface area (Å²) >= 11 is 3.46. The van der Waals surface area contributed by atoms with Crippen LogP contribution in [0.3, 0.4) is 0 Å². The monoisotopic (exact) mass is 317 g/mol. The fourth-order valence-electron chi connectivity index (χ4n) is 2.12. The predicted octanol–water partition coefficient (Wildman–Crippen LogP) is 4.63. The van der Waals surface area contributed by atoms with Crippen LogP contribution in [0.1, 0.15) is 27.0 Å². The van der Waals surface area contributed by atoms with Crippen LogP contribution in [-0.4, -0.2) is 5.91 Å². The van der Waals surface area contributed by atoms with E-state index in [0.29, 0.717) is 5.56 Å². The molecule has 2 aromatic rings. The number of carbonyl (C=O) groups excluding carboxylic acids is 1. The number of anilines is 1. The van der Waals surface area contributed by atoms with Crippen LogP contribution in [0.25, 0.3) is 0 Å². The van der Waals surface area contributed by atoms with Gasteiger partial charge in [-0.15, -0.1) is 0 Å². The Morgan fingerprint density at radius 1 is 1.00 bits per heavy atom. The maximum absolute atomic E-state index is 12.3. The van der Waals surface area contributed by atoms with Crippen LogP contribution in [0.5, 0.6) is 0 Å². The van der Waals surface area contributed by atoms with Crippen molar-refractivity contribution >= 4 is 27.5 Å². The van der Waals surface area contributed by atoms with Gasteiger partial charge in [0.15, 0.2) is 0 Å². The SMILES string of the molecule is Cc1ccccc1C(=O)Nc1c(C)cc(Br)cc1C. The molecule has 0 unspecified atom stereocenters. The largest absolute Gasteiger partial charge is 0.321 e. The van der Waals surface area contributed by atoms with Crippen molar-refractivity contribution in [2.75, 3.05) is 5.32 Å². The van der Waals surface area contributed by atoms with Gasteiger partial charge in [-0.25, -0.2) is 0 Å². The number of carbonyl (C=O) groups is 1. The predicted molar refractivity (Wildman–Crippen MR) is 82.7 cm³/mol. The number of benzene rings is 2. The van der Waals surface area contributed by atoms with Crippen molar-refractivity contribution in [2.24, 2.45) is 0 Å². The number of halogens is 1. The summed E-state index contributed by atoms with van der Waals surface area (Å²) in [7, 11) is 0. The molecule has 0 aliphatic carbocycles. The number of nitrogens with one attached hydrogen (secondary N) is 1. The van der Waals surface area contributed by atoms with E-state index < -0.39 is 0 Å². The minimum absolute atomic E-state index is 0.0633. The van der Waals surface area contributed by atoms with Crippen molar-refractivity contribution in [3.63, 3.8) is 0 Å². The van der Waals surface area contributed by atoms with Crippen LogP contribution in [-0.2, 0) is 0 Å². The molecule has 0 saturated heterocycles. The standard InChI is InChI=1S/C16H16BrNO/c1-10-6-4-5-7-14(10)16(19)18-15-11(2)8-13(17)9-12(15)3/h4-9H,1-3H3,(H,18,19). The van der Waals surface area contributed by atoms with Crippen LogP contribution in [0.4, 0.5) is 5.69 Å². The van der Waals surface area contributed by atoms with Gasteiger partial charge in [-0.3, -0.25) is 4.79 Å². The highest BCUT2D eigenvalue weighted by Gasteiger charge is 2.11. The summed E-state index contributed by atoms with van der Waals surface area (Å²) in [6.45, 7) is 5.92. The van der Waals surface area contributed by atoms with Gasteiger partial charge < -0.3 is 5.32 Å². The number of aryl methyl sites for hydroxylation is 3. The Labute approximate surface area is 122 Å². The van der Waals surface area contributed by atoms with E-state index in [9.17, 15) is 4.79 Å². The van der Waals surface area contributed by atoms with Crippen molar-refractivity contribution in [1.82, 2.24) is 0 Å². The van der Waals surface area contributed by atoms with Crippen molar-refractivity contribution in [3.05, 3.63) is 63.1 Å². The third kappa shape index (κ3) is 3.04. The molecule has 0 aliphatic heterocycles. The first-order valence-electron chi connectivity index (χ1n) is 6.13. The van der Waals surface area contributed by atoms with Gasteiger partial charge >= 0.3 is 0 Å². The number of hydrogen-bond donors (Lipinski definition) is 1. The molecule has 0 atom stereocenters. The van der Waals surface area contributed by atoms with Crippen LogP contribution in [0, 0.1) is 20.8 Å². The van der Waals surface area contributed by atoms with Crippen LogP contribution in [0.15, 0.2) is 40.9 Å². The summed E-state index contributed by atoms with van der Waals surface area (Å²) < 4.78 is 1.02. The highest BCUT2D eigenvalue weighted by Crippen LogP contribution is 2.25. The molecule has 0 saturated carbocycles. The zero-order valence-corrected chi connectivity index (χ0v) is 12.8. The molecule has 0 bridgehead atoms. The normalized spacial score (nSPS) is 10.3. The quantitative estimate of drug-likeness (QED) is 0.859. The molecule has 0 fully saturated rings. The summed E-state index contributed by atoms with van der Waals surface area (Å²) in [6.07, 6.45) is 0. The zero-order chi connectivity index (χ0) is 14.0. The smallest absolute Gasteiger partial charge is 0.255 e. The highest BCUT2D eigenvalue weighted by atomic mass is 79.9. The van der Waals surface area contributed by atoms with Gasteiger partial charge in [0.1, 0.15) is 0 Å². The van der Waals surface area contributed by atoms with Gasteiger partial charge in [-0.1, -0.05) is 34.1 Å². The molecule has 2 aromatic carbocycles. The molecule has 1 N–H and O–H groups in total. The summed E-state index contributed by atoms with van der Waals surface area (Å²) in [4.78, 5) is 12.3. The first-order valence-corrected chi connectivity index (χ1v) is 6.92. The Hall–Kier alpha value is -1.61. The number of amides is 1. The lowest BCUT2D eigenvalue weighted by molar-refractivity contribution is 0.102. The molecule has 1 amide bonds. The van der Waals surface area contributed by atoms with Crippen molar-refractivity contribution < 1.29 is 4.79 Å². The molecular weight excluding hydrogens is 302 g/mol. The van der Waals surface area contributed by atoms with E-state index in [-0.39, 0.29) is 5.91 Å². The second-order valence-corrected chi connectivity index (χ2v) is 5.60. The lowest BCUT2D eigenvalue weighted by atomic mass is 10.1. The van der Waals surface area contributed by atoms with E-state index >= 15 is 0 Å². The fourth-order valence-corrected chi connectivity index (χ4v) is 2.80. The Morgan fingerprint density at radius 2 is 1.58 bits per heavy atom. The topological polar surface area (TPSA) is 29.1 Å². The van der Waals surface area contributed by atoms with Gasteiger partial charge in [0.25, 0.3) is 5.91 Å². The van der Waals surface area contributed by atoms with E-state index in [2.05, 4.69) is 21.2 Å². The molecule has 0 spiro atoms. The Bertz CT molecular complexity index is 611. The summed E-state index contributed by atoms with van der Waals surface area (Å²) in [5.74, 6) is -0.0633. The third-order valence-corrected chi connectivity index (χ3v) is 3.58. The first-order chi connectivity index (χ1) is 8.99. The van der Waals surface area contributed by atoms with Crippen LogP contribution in [0.2, 0.25) is 0 Å². The summed E-state index contributed by atoms with van der Waals surface area (Å²) in [5.41, 5.74) is 4.68. The van der Waals surface area contributed by atoms with Crippen molar-refractivity contribution in [1.29, 1.82) is 0 Å². The fraction of sp³-hybridized carbons (Fsp3) is 0.188. The molecule has 0 radical (unpaired) electrons. The number of hydrogen-bond acceptors (Lipinski definition) is 1. The molecule has 98 valence electrons. The highest BCUT2D eigenvalue weighted by molar-refractivity contribution is 9.10. The average Bonchev–Trinajstić information content (AvgIpc) is 2.34. The van der Waals surface area contributed by atoms with Crippen LogP contribution < -0.4 is 5.32 Å². The minimum atomic E-state index is -0.0633. The lowest BCUT2D eigenvalue weighted by Gasteiger charge is -2.13. The van der Waals surface area contributed by atoms with Crippen molar-refractivity contribution in [2.45, 2.75) is 20.8 Å². The van der Waals surface area contributed by atoms with Gasteiger partial charge in [-0.2, -0.15) is 0 Å². The van der Waals surface area contributed by atoms with E-state index in [1.54, 1.807) is 0 Å². The third-order valence-electron chi connectivity index (χ3n) is 3.13. The van der Waals surface area contributed by atoms with Gasteiger partial charge in [-0.05, 0) is 55.7 Å². The molecular formula is C16H16BrNO. The molecule has 3 heteroatoms. The Morgan fingerprint density at radius 3 is 2.16 bits per heavy atom. The maximum Gasteiger partial charge on any atom is 0.255 e. The van der Waals surface area contributed by atoms with E-state index in [1.807, 2.05) is 57.2 Å². The van der Waals surface area contributed by atoms with Gasteiger partial charge in [0, 0.05) is 15.7 Å². The molecule has 0 aromatic heterocycles. The Balaban J connectivity index is 2.32. The average molecular weight is 318 g/mol. The maximum atomic E-state index is 12.3. The minimum Gasteiger partial charge on any atom is -0.321 e. The van der Waals surface area contributed by atoms with E-state index in [0.717, 1.165) is 26.9 Å². The molecule has 0 aliphatic rings. The van der Waals surface area contributed by atoms with Gasteiger partial charge in [0.2, 0.25) is 0 Å². The van der Waals surface area contributed by atoms with E-state index in [1.165, 1.54) is 0 Å². The Kier molecular flexibility index (Phi) is 4.05.